The smallest absolute Gasteiger partial charge is 0.342 e. The van der Waals surface area contributed by atoms with Crippen LogP contribution in [0.4, 0.5) is 0 Å². The molecule has 0 atom stereocenters. The van der Waals surface area contributed by atoms with Crippen molar-refractivity contribution in [3.05, 3.63) is 97.3 Å². The van der Waals surface area contributed by atoms with Gasteiger partial charge in [0, 0.05) is 46.1 Å². The van der Waals surface area contributed by atoms with E-state index in [0.717, 1.165) is 83.7 Å². The van der Waals surface area contributed by atoms with E-state index in [0.29, 0.717) is 18.6 Å². The zero-order valence-electron chi connectivity index (χ0n) is 24.7. The average Bonchev–Trinajstić information content (AvgIpc) is 3.58. The zero-order valence-corrected chi connectivity index (χ0v) is 25.7. The molecule has 8 nitrogen and oxygen atoms in total. The Labute approximate surface area is 252 Å². The maximum absolute atomic E-state index is 11.8. The Kier molecular flexibility index (Phi) is 6.93. The molecule has 9 heteroatoms. The molecule has 0 aromatic carbocycles. The van der Waals surface area contributed by atoms with Crippen LogP contribution in [-0.2, 0) is 16.0 Å². The van der Waals surface area contributed by atoms with Gasteiger partial charge < -0.3 is 18.7 Å². The average molecular weight is 589 g/mol. The van der Waals surface area contributed by atoms with Crippen molar-refractivity contribution >= 4 is 63.6 Å². The molecule has 0 fully saturated rings. The molecule has 0 saturated heterocycles. The summed E-state index contributed by atoms with van der Waals surface area (Å²) in [6.07, 6.45) is 12.7. The third kappa shape index (κ3) is 4.51. The molecule has 216 valence electrons. The van der Waals surface area contributed by atoms with Crippen LogP contribution in [0.5, 0.6) is 0 Å². The van der Waals surface area contributed by atoms with Gasteiger partial charge in [-0.2, -0.15) is 0 Å². The number of fused-ring (bicyclic) bond motifs is 2. The third-order valence-corrected chi connectivity index (χ3v) is 10.1. The zero-order chi connectivity index (χ0) is 30.7. The lowest BCUT2D eigenvalue weighted by Gasteiger charge is -2.14. The predicted molar refractivity (Wildman–Crippen MR) is 172 cm³/mol. The van der Waals surface area contributed by atoms with E-state index in [1.165, 1.54) is 0 Å². The van der Waals surface area contributed by atoms with Crippen LogP contribution in [0.2, 0.25) is 0 Å². The molecule has 0 spiro atoms. The van der Waals surface area contributed by atoms with Crippen molar-refractivity contribution < 1.29 is 19.8 Å². The van der Waals surface area contributed by atoms with Gasteiger partial charge >= 0.3 is 21.8 Å². The van der Waals surface area contributed by atoms with Crippen LogP contribution < -0.4 is 10.7 Å². The van der Waals surface area contributed by atoms with Gasteiger partial charge in [0.15, 0.2) is 0 Å². The minimum atomic E-state index is -0.867. The predicted octanol–water partition coefficient (Wildman–Crippen LogP) is 4.36. The topological polar surface area (TPSA) is 109 Å². The minimum Gasteiger partial charge on any atom is -0.481 e. The summed E-state index contributed by atoms with van der Waals surface area (Å²) < 4.78 is 4.52. The second kappa shape index (κ2) is 10.5. The molecule has 0 aliphatic carbocycles. The normalized spacial score (nSPS) is 16.6. The van der Waals surface area contributed by atoms with Crippen molar-refractivity contribution in [1.82, 2.24) is 8.47 Å². The first-order valence-corrected chi connectivity index (χ1v) is 15.1. The monoisotopic (exact) mass is 588 g/mol. The van der Waals surface area contributed by atoms with Crippen LogP contribution in [-0.4, -0.2) is 51.9 Å². The SMILES string of the molecule is C=CC1=C(C)C2=Cc3c(C=C)c(C)c4n3[Si]n3c(c(C)c(CCC(=O)O)c3=CC3=NC(=C4)C(C)=C3CCC(=O)O)=CC1=N2. The number of allylic oxidation sites excluding steroid dienone is 5. The lowest BCUT2D eigenvalue weighted by Crippen LogP contribution is -2.38. The molecule has 4 aliphatic rings. The van der Waals surface area contributed by atoms with E-state index in [1.807, 2.05) is 32.1 Å². The number of carboxylic acids is 2. The summed E-state index contributed by atoms with van der Waals surface area (Å²) >= 11 is 0. The molecule has 2 N–H and O–H groups in total. The van der Waals surface area contributed by atoms with E-state index >= 15 is 0 Å². The molecule has 2 aromatic heterocycles. The highest BCUT2D eigenvalue weighted by Gasteiger charge is 2.28. The van der Waals surface area contributed by atoms with E-state index in [4.69, 9.17) is 9.98 Å². The Morgan fingerprint density at radius 2 is 1.42 bits per heavy atom. The Balaban J connectivity index is 1.80. The van der Waals surface area contributed by atoms with Gasteiger partial charge in [-0.15, -0.1) is 0 Å². The minimum absolute atomic E-state index is 0.0108. The van der Waals surface area contributed by atoms with Crippen LogP contribution in [0.1, 0.15) is 66.8 Å². The standard InChI is InChI=1S/C34H32N4O4Si/c1-7-21-17(3)26-14-31-22(8-2)19(5)29-13-25-18(4)23(9-11-33(39)40)28(36-25)16-32-24(10-12-34(41)42)20(6)30(15-27(21)35-26)38(32)43-37(29)31/h7-8,13-16H,1-2,9-12H2,3-6H3,(H,39,40)(H,41,42). The molecule has 6 heterocycles. The second-order valence-corrected chi connectivity index (χ2v) is 12.2. The molecule has 2 radical (unpaired) electrons. The quantitative estimate of drug-likeness (QED) is 0.447. The highest BCUT2D eigenvalue weighted by molar-refractivity contribution is 6.35. The molecule has 4 aliphatic heterocycles. The maximum atomic E-state index is 11.8. The summed E-state index contributed by atoms with van der Waals surface area (Å²) in [5.41, 5.74) is 13.0. The first-order chi connectivity index (χ1) is 20.5. The molecular weight excluding hydrogens is 556 g/mol. The number of aliphatic imine (C=N–C) groups is 2. The Hall–Kier alpha value is -4.76. The summed E-state index contributed by atoms with van der Waals surface area (Å²) in [5, 5.41) is 21.0. The van der Waals surface area contributed by atoms with Crippen LogP contribution in [0.15, 0.2) is 62.9 Å². The number of hydrogen-bond acceptors (Lipinski definition) is 4. The van der Waals surface area contributed by atoms with Crippen molar-refractivity contribution in [3.63, 3.8) is 0 Å². The highest BCUT2D eigenvalue weighted by Crippen LogP contribution is 2.36. The third-order valence-electron chi connectivity index (χ3n) is 8.75. The first kappa shape index (κ1) is 28.4. The van der Waals surface area contributed by atoms with Gasteiger partial charge in [0.25, 0.3) is 0 Å². The fourth-order valence-electron chi connectivity index (χ4n) is 6.35. The van der Waals surface area contributed by atoms with E-state index in [9.17, 15) is 19.8 Å². The number of hydrogen-bond donors (Lipinski definition) is 2. The second-order valence-electron chi connectivity index (χ2n) is 11.1. The number of aromatic nitrogens is 2. The van der Waals surface area contributed by atoms with E-state index in [1.54, 1.807) is 0 Å². The van der Waals surface area contributed by atoms with Gasteiger partial charge in [-0.05, 0) is 98.3 Å². The first-order valence-electron chi connectivity index (χ1n) is 14.2. The maximum Gasteiger partial charge on any atom is 0.342 e. The number of carbonyl (C=O) groups is 2. The summed E-state index contributed by atoms with van der Waals surface area (Å²) in [4.78, 5) is 33.5. The largest absolute Gasteiger partial charge is 0.481 e. The Morgan fingerprint density at radius 1 is 0.791 bits per heavy atom. The van der Waals surface area contributed by atoms with E-state index < -0.39 is 11.9 Å². The van der Waals surface area contributed by atoms with E-state index in [-0.39, 0.29) is 22.7 Å². The van der Waals surface area contributed by atoms with Crippen LogP contribution in [0.25, 0.3) is 30.4 Å². The molecular formula is C34H32N4O4Si. The van der Waals surface area contributed by atoms with Crippen molar-refractivity contribution in [2.75, 3.05) is 0 Å². The van der Waals surface area contributed by atoms with Crippen molar-refractivity contribution in [3.8, 4) is 0 Å². The number of rotatable bonds is 8. The van der Waals surface area contributed by atoms with Crippen LogP contribution in [0, 0.1) is 13.8 Å². The summed E-state index contributed by atoms with van der Waals surface area (Å²) in [7, 11) is 0.110. The van der Waals surface area contributed by atoms with Gasteiger partial charge in [-0.1, -0.05) is 25.3 Å². The fraction of sp³-hybridized carbons (Fsp3) is 0.235. The van der Waals surface area contributed by atoms with Gasteiger partial charge in [0.05, 0.1) is 22.8 Å². The molecule has 43 heavy (non-hydrogen) atoms. The molecule has 0 saturated carbocycles. The fourth-order valence-corrected chi connectivity index (χ4v) is 7.83. The lowest BCUT2D eigenvalue weighted by atomic mass is 9.99. The van der Waals surface area contributed by atoms with Gasteiger partial charge in [-0.25, -0.2) is 9.98 Å². The molecule has 0 amide bonds. The van der Waals surface area contributed by atoms with Crippen molar-refractivity contribution in [2.24, 2.45) is 9.98 Å². The molecule has 6 bridgehead atoms. The van der Waals surface area contributed by atoms with Gasteiger partial charge in [0.2, 0.25) is 0 Å². The number of aliphatic carboxylic acids is 2. The summed E-state index contributed by atoms with van der Waals surface area (Å²) in [5.74, 6) is -1.73. The van der Waals surface area contributed by atoms with Crippen LogP contribution in [0.3, 0.4) is 0 Å². The number of carboxylic acid groups (broad SMARTS) is 2. The Bertz CT molecular complexity index is 2020. The Morgan fingerprint density at radius 3 is 2.09 bits per heavy atom. The number of nitrogens with zero attached hydrogens (tertiary/aromatic N) is 4. The highest BCUT2D eigenvalue weighted by atomic mass is 28.2. The van der Waals surface area contributed by atoms with Crippen molar-refractivity contribution in [2.45, 2.75) is 53.4 Å². The van der Waals surface area contributed by atoms with Crippen LogP contribution >= 0.6 is 0 Å². The molecule has 0 unspecified atom stereocenters. The lowest BCUT2D eigenvalue weighted by molar-refractivity contribution is -0.137. The van der Waals surface area contributed by atoms with Gasteiger partial charge in [-0.3, -0.25) is 9.59 Å². The summed E-state index contributed by atoms with van der Waals surface area (Å²) in [6, 6.07) is 0. The van der Waals surface area contributed by atoms with Crippen molar-refractivity contribution in [1.29, 1.82) is 0 Å². The van der Waals surface area contributed by atoms with Gasteiger partial charge in [0.1, 0.15) is 0 Å². The van der Waals surface area contributed by atoms with E-state index in [2.05, 4.69) is 53.7 Å². The summed E-state index contributed by atoms with van der Waals surface area (Å²) in [6.45, 7) is 16.4. The molecule has 6 rings (SSSR count). The molecule has 2 aromatic rings.